The summed E-state index contributed by atoms with van der Waals surface area (Å²) < 4.78 is 27.0. The number of hydrogen-bond donors (Lipinski definition) is 2. The molecule has 0 fully saturated rings. The number of nitrogens with zero attached hydrogens (tertiary/aromatic N) is 1. The van der Waals surface area contributed by atoms with Crippen LogP contribution >= 0.6 is 0 Å². The van der Waals surface area contributed by atoms with Crippen LogP contribution < -0.4 is 10.5 Å². The van der Waals surface area contributed by atoms with Gasteiger partial charge in [0.2, 0.25) is 0 Å². The average molecular weight is 287 g/mol. The Morgan fingerprint density at radius 2 is 1.90 bits per heavy atom. The molecule has 2 aromatic carbocycles. The molecule has 20 heavy (non-hydrogen) atoms. The van der Waals surface area contributed by atoms with Crippen molar-refractivity contribution in [1.82, 2.24) is 0 Å². The van der Waals surface area contributed by atoms with Gasteiger partial charge >= 0.3 is 0 Å². The van der Waals surface area contributed by atoms with Gasteiger partial charge in [-0.1, -0.05) is 18.2 Å². The lowest BCUT2D eigenvalue weighted by Crippen LogP contribution is -2.15. The lowest BCUT2D eigenvalue weighted by atomic mass is 10.2. The third kappa shape index (κ3) is 2.73. The first kappa shape index (κ1) is 13.9. The van der Waals surface area contributed by atoms with Crippen molar-refractivity contribution in [3.63, 3.8) is 0 Å². The van der Waals surface area contributed by atoms with E-state index in [2.05, 4.69) is 4.72 Å². The van der Waals surface area contributed by atoms with Gasteiger partial charge in [0.15, 0.2) is 0 Å². The van der Waals surface area contributed by atoms with Gasteiger partial charge in [0, 0.05) is 0 Å². The zero-order valence-corrected chi connectivity index (χ0v) is 11.6. The van der Waals surface area contributed by atoms with Gasteiger partial charge in [-0.2, -0.15) is 5.26 Å². The van der Waals surface area contributed by atoms with E-state index in [4.69, 9.17) is 11.0 Å². The third-order valence-corrected chi connectivity index (χ3v) is 4.33. The van der Waals surface area contributed by atoms with Gasteiger partial charge < -0.3 is 5.73 Å². The number of aryl methyl sites for hydroxylation is 1. The summed E-state index contributed by atoms with van der Waals surface area (Å²) in [5, 5.41) is 8.76. The Morgan fingerprint density at radius 3 is 2.50 bits per heavy atom. The number of anilines is 2. The summed E-state index contributed by atoms with van der Waals surface area (Å²) >= 11 is 0. The Balaban J connectivity index is 2.40. The Bertz CT molecular complexity index is 792. The Labute approximate surface area is 117 Å². The van der Waals surface area contributed by atoms with Crippen molar-refractivity contribution in [3.8, 4) is 6.07 Å². The fourth-order valence-corrected chi connectivity index (χ4v) is 3.12. The predicted octanol–water partition coefficient (Wildman–Crippen LogP) is 2.25. The number of nitriles is 1. The zero-order chi connectivity index (χ0) is 14.8. The molecule has 0 saturated carbocycles. The number of hydrogen-bond acceptors (Lipinski definition) is 4. The van der Waals surface area contributed by atoms with Crippen molar-refractivity contribution in [2.45, 2.75) is 11.8 Å². The first-order valence-corrected chi connectivity index (χ1v) is 7.30. The van der Waals surface area contributed by atoms with Crippen LogP contribution in [0.15, 0.2) is 47.4 Å². The molecule has 0 aromatic heterocycles. The summed E-state index contributed by atoms with van der Waals surface area (Å²) in [6.07, 6.45) is 0. The number of rotatable bonds is 3. The van der Waals surface area contributed by atoms with Gasteiger partial charge in [0.1, 0.15) is 0 Å². The minimum Gasteiger partial charge on any atom is -0.397 e. The molecule has 0 amide bonds. The number of benzene rings is 2. The normalized spacial score (nSPS) is 10.8. The Kier molecular flexibility index (Phi) is 3.63. The van der Waals surface area contributed by atoms with Crippen LogP contribution in [-0.2, 0) is 10.0 Å². The first-order valence-electron chi connectivity index (χ1n) is 5.82. The second-order valence-electron chi connectivity index (χ2n) is 4.28. The van der Waals surface area contributed by atoms with Gasteiger partial charge in [-0.25, -0.2) is 8.42 Å². The van der Waals surface area contributed by atoms with Crippen molar-refractivity contribution in [2.75, 3.05) is 10.5 Å². The molecule has 0 unspecified atom stereocenters. The SMILES string of the molecule is Cc1ccccc1S(=O)(=O)Nc1ccc(C#N)cc1N. The molecular weight excluding hydrogens is 274 g/mol. The molecule has 102 valence electrons. The summed E-state index contributed by atoms with van der Waals surface area (Å²) in [4.78, 5) is 0.198. The van der Waals surface area contributed by atoms with Crippen LogP contribution in [0.1, 0.15) is 11.1 Å². The Hall–Kier alpha value is -2.52. The fourth-order valence-electron chi connectivity index (χ4n) is 1.78. The Morgan fingerprint density at radius 1 is 1.20 bits per heavy atom. The molecule has 2 rings (SSSR count). The number of nitrogens with one attached hydrogen (secondary N) is 1. The molecule has 2 aromatic rings. The van der Waals surface area contributed by atoms with Gasteiger partial charge in [0.25, 0.3) is 10.0 Å². The topological polar surface area (TPSA) is 96.0 Å². The first-order chi connectivity index (χ1) is 9.44. The van der Waals surface area contributed by atoms with E-state index in [1.165, 1.54) is 24.3 Å². The van der Waals surface area contributed by atoms with Gasteiger partial charge in [-0.3, -0.25) is 4.72 Å². The van der Waals surface area contributed by atoms with Crippen LogP contribution in [0.5, 0.6) is 0 Å². The van der Waals surface area contributed by atoms with Crippen molar-refractivity contribution in [1.29, 1.82) is 5.26 Å². The highest BCUT2D eigenvalue weighted by atomic mass is 32.2. The number of nitrogens with two attached hydrogens (primary N) is 1. The van der Waals surface area contributed by atoms with Crippen LogP contribution in [0, 0.1) is 18.3 Å². The van der Waals surface area contributed by atoms with Crippen LogP contribution in [0.4, 0.5) is 11.4 Å². The maximum Gasteiger partial charge on any atom is 0.262 e. The van der Waals surface area contributed by atoms with Gasteiger partial charge in [-0.15, -0.1) is 0 Å². The molecule has 3 N–H and O–H groups in total. The lowest BCUT2D eigenvalue weighted by Gasteiger charge is -2.12. The van der Waals surface area contributed by atoms with E-state index < -0.39 is 10.0 Å². The van der Waals surface area contributed by atoms with Crippen LogP contribution in [0.3, 0.4) is 0 Å². The highest BCUT2D eigenvalue weighted by molar-refractivity contribution is 7.92. The standard InChI is InChI=1S/C14H13N3O2S/c1-10-4-2-3-5-14(10)20(18,19)17-13-7-6-11(9-15)8-12(13)16/h2-8,17H,16H2,1H3. The van der Waals surface area contributed by atoms with Gasteiger partial charge in [0.05, 0.1) is 27.9 Å². The number of sulfonamides is 1. The predicted molar refractivity (Wildman–Crippen MR) is 77.6 cm³/mol. The summed E-state index contributed by atoms with van der Waals surface area (Å²) in [5.74, 6) is 0. The van der Waals surface area contributed by atoms with Crippen molar-refractivity contribution >= 4 is 21.4 Å². The zero-order valence-electron chi connectivity index (χ0n) is 10.8. The molecule has 0 saturated heterocycles. The third-order valence-electron chi connectivity index (χ3n) is 2.81. The van der Waals surface area contributed by atoms with Crippen LogP contribution in [0.25, 0.3) is 0 Å². The maximum absolute atomic E-state index is 12.3. The molecule has 0 aliphatic rings. The second kappa shape index (κ2) is 5.23. The molecule has 0 bridgehead atoms. The van der Waals surface area contributed by atoms with Crippen molar-refractivity contribution in [3.05, 3.63) is 53.6 Å². The van der Waals surface area contributed by atoms with Crippen molar-refractivity contribution in [2.24, 2.45) is 0 Å². The van der Waals surface area contributed by atoms with Gasteiger partial charge in [-0.05, 0) is 36.8 Å². The monoisotopic (exact) mass is 287 g/mol. The van der Waals surface area contributed by atoms with E-state index >= 15 is 0 Å². The molecule has 5 nitrogen and oxygen atoms in total. The van der Waals surface area contributed by atoms with Crippen LogP contribution in [-0.4, -0.2) is 8.42 Å². The van der Waals surface area contributed by atoms with E-state index in [0.29, 0.717) is 11.1 Å². The molecular formula is C14H13N3O2S. The highest BCUT2D eigenvalue weighted by Gasteiger charge is 2.17. The lowest BCUT2D eigenvalue weighted by molar-refractivity contribution is 0.600. The molecule has 0 aliphatic carbocycles. The van der Waals surface area contributed by atoms with E-state index in [-0.39, 0.29) is 16.3 Å². The molecule has 0 heterocycles. The minimum atomic E-state index is -3.70. The minimum absolute atomic E-state index is 0.198. The molecule has 6 heteroatoms. The van der Waals surface area contributed by atoms with E-state index in [0.717, 1.165) is 0 Å². The quantitative estimate of drug-likeness (QED) is 0.846. The average Bonchev–Trinajstić information content (AvgIpc) is 2.41. The molecule has 0 aliphatic heterocycles. The summed E-state index contributed by atoms with van der Waals surface area (Å²) in [7, 11) is -3.70. The second-order valence-corrected chi connectivity index (χ2v) is 5.94. The molecule has 0 spiro atoms. The highest BCUT2D eigenvalue weighted by Crippen LogP contribution is 2.24. The smallest absolute Gasteiger partial charge is 0.262 e. The maximum atomic E-state index is 12.3. The largest absolute Gasteiger partial charge is 0.397 e. The fraction of sp³-hybridized carbons (Fsp3) is 0.0714. The van der Waals surface area contributed by atoms with E-state index in [1.807, 2.05) is 6.07 Å². The van der Waals surface area contributed by atoms with Crippen molar-refractivity contribution < 1.29 is 8.42 Å². The molecule has 0 atom stereocenters. The van der Waals surface area contributed by atoms with E-state index in [9.17, 15) is 8.42 Å². The van der Waals surface area contributed by atoms with Crippen LogP contribution in [0.2, 0.25) is 0 Å². The molecule has 0 radical (unpaired) electrons. The summed E-state index contributed by atoms with van der Waals surface area (Å²) in [5.41, 5.74) is 7.23. The summed E-state index contributed by atoms with van der Waals surface area (Å²) in [6, 6.07) is 13.0. The number of nitrogen functional groups attached to an aromatic ring is 1. The van der Waals surface area contributed by atoms with E-state index in [1.54, 1.807) is 25.1 Å². The summed E-state index contributed by atoms with van der Waals surface area (Å²) in [6.45, 7) is 1.72.